The Hall–Kier alpha value is -0.970. The van der Waals surface area contributed by atoms with Gasteiger partial charge in [-0.2, -0.15) is 5.26 Å². The van der Waals surface area contributed by atoms with Crippen LogP contribution in [0.2, 0.25) is 5.02 Å². The molecule has 0 unspecified atom stereocenters. The molecule has 0 atom stereocenters. The second-order valence-electron chi connectivity index (χ2n) is 2.56. The molecule has 4 nitrogen and oxygen atoms in total. The zero-order chi connectivity index (χ0) is 12.5. The summed E-state index contributed by atoms with van der Waals surface area (Å²) in [7, 11) is 0.681. The fourth-order valence-electron chi connectivity index (χ4n) is 0.940. The van der Waals surface area contributed by atoms with Crippen molar-refractivity contribution in [2.45, 2.75) is 11.3 Å². The highest BCUT2D eigenvalue weighted by molar-refractivity contribution is 8.13. The van der Waals surface area contributed by atoms with Gasteiger partial charge in [-0.15, -0.1) is 0 Å². The Morgan fingerprint density at radius 3 is 2.44 bits per heavy atom. The van der Waals surface area contributed by atoms with Crippen molar-refractivity contribution in [3.8, 4) is 6.07 Å². The van der Waals surface area contributed by atoms with Gasteiger partial charge in [-0.3, -0.25) is 0 Å². The largest absolute Gasteiger partial charge is 0.280 e. The van der Waals surface area contributed by atoms with Crippen LogP contribution in [-0.4, -0.2) is 13.4 Å². The van der Waals surface area contributed by atoms with Gasteiger partial charge >= 0.3 is 0 Å². The molecule has 0 bridgehead atoms. The van der Waals surface area contributed by atoms with Gasteiger partial charge in [0.1, 0.15) is 16.7 Å². The van der Waals surface area contributed by atoms with Crippen molar-refractivity contribution in [1.29, 1.82) is 5.26 Å². The highest BCUT2D eigenvalue weighted by atomic mass is 35.7. The lowest BCUT2D eigenvalue weighted by atomic mass is 10.3. The first-order valence-corrected chi connectivity index (χ1v) is 6.29. The molecule has 9 heteroatoms. The highest BCUT2D eigenvalue weighted by Crippen LogP contribution is 2.30. The normalized spacial score (nSPS) is 11.5. The zero-order valence-corrected chi connectivity index (χ0v) is 9.61. The second-order valence-corrected chi connectivity index (χ2v) is 5.47. The zero-order valence-electron chi connectivity index (χ0n) is 7.29. The van der Waals surface area contributed by atoms with Gasteiger partial charge in [0.05, 0.1) is 5.02 Å². The maximum atomic E-state index is 12.3. The van der Waals surface area contributed by atoms with Crippen LogP contribution in [0.3, 0.4) is 0 Å². The van der Waals surface area contributed by atoms with E-state index >= 15 is 0 Å². The summed E-state index contributed by atoms with van der Waals surface area (Å²) in [6, 6.07) is 2.00. The van der Waals surface area contributed by atoms with Crippen molar-refractivity contribution < 1.29 is 17.2 Å². The topological polar surface area (TPSA) is 70.8 Å². The quantitative estimate of drug-likeness (QED) is 0.783. The second kappa shape index (κ2) is 4.49. The summed E-state index contributed by atoms with van der Waals surface area (Å²) in [5.74, 6) is 0. The lowest BCUT2D eigenvalue weighted by molar-refractivity contribution is 0.146. The molecule has 0 radical (unpaired) electrons. The van der Waals surface area contributed by atoms with Crippen LogP contribution in [0, 0.1) is 11.3 Å². The van der Waals surface area contributed by atoms with Crippen molar-refractivity contribution >= 4 is 31.3 Å². The van der Waals surface area contributed by atoms with E-state index in [9.17, 15) is 17.2 Å². The molecule has 0 N–H and O–H groups in total. The fourth-order valence-corrected chi connectivity index (χ4v) is 2.65. The molecule has 16 heavy (non-hydrogen) atoms. The van der Waals surface area contributed by atoms with Crippen molar-refractivity contribution in [3.63, 3.8) is 0 Å². The predicted octanol–water partition coefficient (Wildman–Crippen LogP) is 2.47. The predicted molar refractivity (Wildman–Crippen MR) is 52.0 cm³/mol. The highest BCUT2D eigenvalue weighted by Gasteiger charge is 2.24. The number of hydrogen-bond acceptors (Lipinski definition) is 4. The summed E-state index contributed by atoms with van der Waals surface area (Å²) in [4.78, 5) is 2.40. The van der Waals surface area contributed by atoms with E-state index < -0.39 is 36.8 Å². The molecule has 0 aromatic carbocycles. The first-order valence-electron chi connectivity index (χ1n) is 3.60. The van der Waals surface area contributed by atoms with Crippen molar-refractivity contribution in [2.75, 3.05) is 0 Å². The fraction of sp³-hybridized carbons (Fsp3) is 0.143. The molecular weight excluding hydrogens is 285 g/mol. The third-order valence-electron chi connectivity index (χ3n) is 1.52. The third kappa shape index (κ3) is 2.58. The number of pyridine rings is 1. The van der Waals surface area contributed by atoms with E-state index in [1.54, 1.807) is 0 Å². The maximum Gasteiger partial charge on any atom is 0.280 e. The van der Waals surface area contributed by atoms with Gasteiger partial charge in [-0.1, -0.05) is 11.6 Å². The van der Waals surface area contributed by atoms with E-state index in [1.165, 1.54) is 6.07 Å². The van der Waals surface area contributed by atoms with E-state index in [-0.39, 0.29) is 0 Å². The van der Waals surface area contributed by atoms with Gasteiger partial charge in [0.15, 0.2) is 5.69 Å². The number of aromatic nitrogens is 1. The monoisotopic (exact) mass is 286 g/mol. The number of nitriles is 1. The molecule has 1 aromatic rings. The van der Waals surface area contributed by atoms with Crippen LogP contribution in [0.15, 0.2) is 11.0 Å². The number of rotatable bonds is 2. The molecular formula is C7H2Cl2F2N2O2S. The number of hydrogen-bond donors (Lipinski definition) is 0. The number of alkyl halides is 2. The SMILES string of the molecule is N#Cc1nc(C(F)F)cc(Cl)c1S(=O)(=O)Cl. The van der Waals surface area contributed by atoms with Gasteiger partial charge in [-0.25, -0.2) is 22.2 Å². The molecule has 0 aliphatic carbocycles. The van der Waals surface area contributed by atoms with Crippen molar-refractivity contribution in [1.82, 2.24) is 4.98 Å². The molecule has 86 valence electrons. The summed E-state index contributed by atoms with van der Waals surface area (Å²) >= 11 is 5.45. The Labute approximate surface area is 98.8 Å². The maximum absolute atomic E-state index is 12.3. The Bertz CT molecular complexity index is 568. The van der Waals surface area contributed by atoms with Crippen LogP contribution in [0.1, 0.15) is 17.8 Å². The van der Waals surface area contributed by atoms with Crippen LogP contribution < -0.4 is 0 Å². The molecule has 0 saturated heterocycles. The summed E-state index contributed by atoms with van der Waals surface area (Å²) in [6.45, 7) is 0. The number of halogens is 4. The molecule has 0 aliphatic rings. The van der Waals surface area contributed by atoms with E-state index in [4.69, 9.17) is 27.5 Å². The number of nitrogens with zero attached hydrogens (tertiary/aromatic N) is 2. The molecule has 1 aromatic heterocycles. The van der Waals surface area contributed by atoms with E-state index in [0.717, 1.165) is 0 Å². The Morgan fingerprint density at radius 2 is 2.06 bits per heavy atom. The lowest BCUT2D eigenvalue weighted by Crippen LogP contribution is -2.03. The first kappa shape index (κ1) is 13.1. The summed E-state index contributed by atoms with van der Waals surface area (Å²) in [5.41, 5.74) is -1.54. The summed E-state index contributed by atoms with van der Waals surface area (Å²) in [6.07, 6.45) is -2.96. The van der Waals surface area contributed by atoms with E-state index in [0.29, 0.717) is 6.07 Å². The van der Waals surface area contributed by atoms with Crippen LogP contribution in [0.25, 0.3) is 0 Å². The third-order valence-corrected chi connectivity index (χ3v) is 3.29. The average molecular weight is 287 g/mol. The summed E-state index contributed by atoms with van der Waals surface area (Å²) < 4.78 is 46.6. The first-order chi connectivity index (χ1) is 7.27. The smallest absolute Gasteiger partial charge is 0.235 e. The van der Waals surface area contributed by atoms with Gasteiger partial charge in [0.2, 0.25) is 0 Å². The van der Waals surface area contributed by atoms with Crippen molar-refractivity contribution in [3.05, 3.63) is 22.5 Å². The lowest BCUT2D eigenvalue weighted by Gasteiger charge is -2.05. The van der Waals surface area contributed by atoms with E-state index in [1.807, 2.05) is 0 Å². The minimum atomic E-state index is -4.31. The standard InChI is InChI=1S/C7H2Cl2F2N2O2S/c8-3-1-4(7(10)11)13-5(2-12)6(3)16(9,14)15/h1,7H. The van der Waals surface area contributed by atoms with Crippen LogP contribution in [0.5, 0.6) is 0 Å². The van der Waals surface area contributed by atoms with Gasteiger partial charge in [0, 0.05) is 10.7 Å². The van der Waals surface area contributed by atoms with Crippen molar-refractivity contribution in [2.24, 2.45) is 0 Å². The van der Waals surface area contributed by atoms with Gasteiger partial charge < -0.3 is 0 Å². The molecule has 1 rings (SSSR count). The minimum absolute atomic E-state index is 0.558. The Morgan fingerprint density at radius 1 is 1.50 bits per heavy atom. The molecule has 0 spiro atoms. The summed E-state index contributed by atoms with van der Waals surface area (Å²) in [5, 5.41) is 8.01. The molecule has 0 aliphatic heterocycles. The molecule has 0 fully saturated rings. The molecule has 0 amide bonds. The molecule has 0 saturated carbocycles. The van der Waals surface area contributed by atoms with Crippen LogP contribution in [-0.2, 0) is 9.05 Å². The Kier molecular flexibility index (Phi) is 3.68. The van der Waals surface area contributed by atoms with Crippen LogP contribution >= 0.6 is 22.3 Å². The van der Waals surface area contributed by atoms with Gasteiger partial charge in [-0.05, 0) is 6.07 Å². The average Bonchev–Trinajstić information content (AvgIpc) is 2.14. The van der Waals surface area contributed by atoms with Gasteiger partial charge in [0.25, 0.3) is 15.5 Å². The minimum Gasteiger partial charge on any atom is -0.235 e. The molecule has 1 heterocycles. The Balaban J connectivity index is 3.62. The van der Waals surface area contributed by atoms with E-state index in [2.05, 4.69) is 4.98 Å². The van der Waals surface area contributed by atoms with Crippen LogP contribution in [0.4, 0.5) is 8.78 Å².